The Hall–Kier alpha value is -0.0800. The molecule has 0 fully saturated rings. The molecule has 0 saturated carbocycles. The van der Waals surface area contributed by atoms with Crippen LogP contribution in [0.1, 0.15) is 52.9 Å². The fraction of sp³-hybridized carbons (Fsp3) is 1.00. The molecule has 1 unspecified atom stereocenters. The maximum atomic E-state index is 3.67. The van der Waals surface area contributed by atoms with Gasteiger partial charge < -0.3 is 10.2 Å². The summed E-state index contributed by atoms with van der Waals surface area (Å²) < 4.78 is 0. The first-order valence-electron chi connectivity index (χ1n) is 6.94. The Balaban J connectivity index is 3.71. The van der Waals surface area contributed by atoms with Crippen molar-refractivity contribution in [3.8, 4) is 0 Å². The minimum Gasteiger partial charge on any atom is -0.314 e. The van der Waals surface area contributed by atoms with Gasteiger partial charge in [0, 0.05) is 6.04 Å². The lowest BCUT2D eigenvalue weighted by Gasteiger charge is -2.21. The Morgan fingerprint density at radius 2 is 1.75 bits per heavy atom. The van der Waals surface area contributed by atoms with Crippen LogP contribution in [0.3, 0.4) is 0 Å². The molecule has 0 spiro atoms. The Bertz CT molecular complexity index is 144. The lowest BCUT2D eigenvalue weighted by Crippen LogP contribution is -2.33. The van der Waals surface area contributed by atoms with Crippen LogP contribution in [0.15, 0.2) is 0 Å². The summed E-state index contributed by atoms with van der Waals surface area (Å²) in [6.45, 7) is 9.23. The zero-order valence-corrected chi connectivity index (χ0v) is 12.1. The average molecular weight is 228 g/mol. The normalized spacial score (nSPS) is 13.7. The number of hydrogen-bond donors (Lipinski definition) is 1. The van der Waals surface area contributed by atoms with Crippen LogP contribution in [0.2, 0.25) is 0 Å². The van der Waals surface area contributed by atoms with E-state index in [9.17, 15) is 0 Å². The van der Waals surface area contributed by atoms with Gasteiger partial charge in [0.1, 0.15) is 0 Å². The summed E-state index contributed by atoms with van der Waals surface area (Å²) in [5.41, 5.74) is 0. The Morgan fingerprint density at radius 1 is 1.06 bits per heavy atom. The average Bonchev–Trinajstić information content (AvgIpc) is 2.20. The second-order valence-electron chi connectivity index (χ2n) is 5.57. The molecular weight excluding hydrogens is 196 g/mol. The van der Waals surface area contributed by atoms with Crippen LogP contribution in [-0.2, 0) is 0 Å². The van der Waals surface area contributed by atoms with Crippen molar-refractivity contribution >= 4 is 0 Å². The van der Waals surface area contributed by atoms with Crippen molar-refractivity contribution in [2.75, 3.05) is 27.2 Å². The van der Waals surface area contributed by atoms with Gasteiger partial charge in [-0.2, -0.15) is 0 Å². The van der Waals surface area contributed by atoms with E-state index < -0.39 is 0 Å². The van der Waals surface area contributed by atoms with Crippen LogP contribution >= 0.6 is 0 Å². The van der Waals surface area contributed by atoms with Crippen molar-refractivity contribution in [3.05, 3.63) is 0 Å². The maximum Gasteiger partial charge on any atom is 0.00792 e. The lowest BCUT2D eigenvalue weighted by atomic mass is 10.0. The van der Waals surface area contributed by atoms with Crippen LogP contribution < -0.4 is 5.32 Å². The number of nitrogens with one attached hydrogen (secondary N) is 1. The quantitative estimate of drug-likeness (QED) is 0.618. The molecule has 98 valence electrons. The SMILES string of the molecule is CCCNC(CCCC(C)C)CCN(C)C. The fourth-order valence-corrected chi connectivity index (χ4v) is 1.88. The van der Waals surface area contributed by atoms with E-state index in [0.29, 0.717) is 0 Å². The maximum absolute atomic E-state index is 3.67. The predicted molar refractivity (Wildman–Crippen MR) is 73.9 cm³/mol. The monoisotopic (exact) mass is 228 g/mol. The largest absolute Gasteiger partial charge is 0.314 e. The van der Waals surface area contributed by atoms with Gasteiger partial charge in [0.25, 0.3) is 0 Å². The molecule has 0 aromatic carbocycles. The Morgan fingerprint density at radius 3 is 2.25 bits per heavy atom. The van der Waals surface area contributed by atoms with E-state index in [2.05, 4.69) is 45.1 Å². The van der Waals surface area contributed by atoms with Gasteiger partial charge in [-0.15, -0.1) is 0 Å². The van der Waals surface area contributed by atoms with Gasteiger partial charge in [0.2, 0.25) is 0 Å². The third-order valence-corrected chi connectivity index (χ3v) is 2.94. The molecule has 0 aromatic rings. The summed E-state index contributed by atoms with van der Waals surface area (Å²) >= 11 is 0. The second-order valence-corrected chi connectivity index (χ2v) is 5.57. The first-order valence-corrected chi connectivity index (χ1v) is 6.94. The van der Waals surface area contributed by atoms with Crippen molar-refractivity contribution in [1.82, 2.24) is 10.2 Å². The van der Waals surface area contributed by atoms with Crippen molar-refractivity contribution in [3.63, 3.8) is 0 Å². The smallest absolute Gasteiger partial charge is 0.00792 e. The van der Waals surface area contributed by atoms with Crippen LogP contribution in [0.5, 0.6) is 0 Å². The summed E-state index contributed by atoms with van der Waals surface area (Å²) in [7, 11) is 4.32. The molecule has 0 amide bonds. The molecule has 0 aliphatic rings. The van der Waals surface area contributed by atoms with Crippen LogP contribution in [-0.4, -0.2) is 38.1 Å². The Kier molecular flexibility index (Phi) is 10.0. The zero-order valence-electron chi connectivity index (χ0n) is 12.1. The van der Waals surface area contributed by atoms with Gasteiger partial charge in [0.15, 0.2) is 0 Å². The van der Waals surface area contributed by atoms with E-state index in [1.165, 1.54) is 45.2 Å². The molecule has 0 aromatic heterocycles. The van der Waals surface area contributed by atoms with Crippen LogP contribution in [0.25, 0.3) is 0 Å². The molecule has 2 nitrogen and oxygen atoms in total. The molecule has 0 bridgehead atoms. The Labute approximate surface area is 103 Å². The van der Waals surface area contributed by atoms with Gasteiger partial charge in [-0.25, -0.2) is 0 Å². The molecule has 16 heavy (non-hydrogen) atoms. The summed E-state index contributed by atoms with van der Waals surface area (Å²) in [5, 5.41) is 3.67. The van der Waals surface area contributed by atoms with Gasteiger partial charge in [-0.1, -0.05) is 33.6 Å². The van der Waals surface area contributed by atoms with Crippen molar-refractivity contribution < 1.29 is 0 Å². The molecular formula is C14H32N2. The van der Waals surface area contributed by atoms with Crippen molar-refractivity contribution in [2.45, 2.75) is 58.9 Å². The molecule has 2 heteroatoms. The van der Waals surface area contributed by atoms with Gasteiger partial charge in [-0.3, -0.25) is 0 Å². The zero-order chi connectivity index (χ0) is 12.4. The standard InChI is InChI=1S/C14H32N2/c1-6-11-15-14(10-12-16(4)5)9-7-8-13(2)3/h13-15H,6-12H2,1-5H3. The highest BCUT2D eigenvalue weighted by Crippen LogP contribution is 2.10. The van der Waals surface area contributed by atoms with Gasteiger partial charge >= 0.3 is 0 Å². The summed E-state index contributed by atoms with van der Waals surface area (Å²) in [4.78, 5) is 2.28. The molecule has 0 radical (unpaired) electrons. The van der Waals surface area contributed by atoms with Crippen LogP contribution in [0, 0.1) is 5.92 Å². The number of nitrogens with zero attached hydrogens (tertiary/aromatic N) is 1. The van der Waals surface area contributed by atoms with Gasteiger partial charge in [0.05, 0.1) is 0 Å². The third-order valence-electron chi connectivity index (χ3n) is 2.94. The molecule has 0 heterocycles. The molecule has 1 atom stereocenters. The summed E-state index contributed by atoms with van der Waals surface area (Å²) in [6, 6.07) is 0.723. The van der Waals surface area contributed by atoms with E-state index >= 15 is 0 Å². The van der Waals surface area contributed by atoms with Crippen LogP contribution in [0.4, 0.5) is 0 Å². The number of rotatable bonds is 10. The highest BCUT2D eigenvalue weighted by molar-refractivity contribution is 4.68. The van der Waals surface area contributed by atoms with E-state index in [-0.39, 0.29) is 0 Å². The predicted octanol–water partition coefficient (Wildman–Crippen LogP) is 3.13. The van der Waals surface area contributed by atoms with E-state index in [1.54, 1.807) is 0 Å². The molecule has 0 rings (SSSR count). The first kappa shape index (κ1) is 15.9. The first-order chi connectivity index (χ1) is 7.56. The summed E-state index contributed by atoms with van der Waals surface area (Å²) in [5.74, 6) is 0.848. The molecule has 1 N–H and O–H groups in total. The molecule has 0 aliphatic carbocycles. The highest BCUT2D eigenvalue weighted by Gasteiger charge is 2.08. The van der Waals surface area contributed by atoms with E-state index in [0.717, 1.165) is 12.0 Å². The van der Waals surface area contributed by atoms with Crippen molar-refractivity contribution in [2.24, 2.45) is 5.92 Å². The topological polar surface area (TPSA) is 15.3 Å². The minimum atomic E-state index is 0.723. The minimum absolute atomic E-state index is 0.723. The van der Waals surface area contributed by atoms with Crippen molar-refractivity contribution in [1.29, 1.82) is 0 Å². The lowest BCUT2D eigenvalue weighted by molar-refractivity contribution is 0.340. The highest BCUT2D eigenvalue weighted by atomic mass is 15.1. The van der Waals surface area contributed by atoms with E-state index in [1.807, 2.05) is 0 Å². The molecule has 0 aliphatic heterocycles. The second kappa shape index (κ2) is 10.1. The summed E-state index contributed by atoms with van der Waals surface area (Å²) in [6.07, 6.45) is 6.60. The van der Waals surface area contributed by atoms with Gasteiger partial charge in [-0.05, 0) is 52.4 Å². The fourth-order valence-electron chi connectivity index (χ4n) is 1.88. The molecule has 0 saturated heterocycles. The third kappa shape index (κ3) is 10.4. The number of hydrogen-bond acceptors (Lipinski definition) is 2. The van der Waals surface area contributed by atoms with E-state index in [4.69, 9.17) is 0 Å².